The van der Waals surface area contributed by atoms with Gasteiger partial charge in [-0.05, 0) is 79.4 Å². The van der Waals surface area contributed by atoms with Gasteiger partial charge < -0.3 is 10.2 Å². The first-order valence-corrected chi connectivity index (χ1v) is 13.1. The van der Waals surface area contributed by atoms with E-state index in [1.54, 1.807) is 0 Å². The predicted molar refractivity (Wildman–Crippen MR) is 126 cm³/mol. The Bertz CT molecular complexity index is 933. The minimum Gasteiger partial charge on any atom is -0.393 e. The number of fused-ring (bicyclic) bond motifs is 5. The van der Waals surface area contributed by atoms with E-state index in [4.69, 9.17) is 0 Å². The molecule has 0 aromatic rings. The lowest BCUT2D eigenvalue weighted by Gasteiger charge is -2.55. The Labute approximate surface area is 209 Å². The highest BCUT2D eigenvalue weighted by atomic mass is 19.4. The average molecular weight is 521 g/mol. The van der Waals surface area contributed by atoms with Crippen LogP contribution in [0.15, 0.2) is 35.5 Å². The zero-order valence-electron chi connectivity index (χ0n) is 21.4. The Morgan fingerprint density at radius 2 is 1.53 bits per heavy atom. The van der Waals surface area contributed by atoms with Gasteiger partial charge in [0.15, 0.2) is 0 Å². The van der Waals surface area contributed by atoms with Gasteiger partial charge in [0.1, 0.15) is 0 Å². The lowest BCUT2D eigenvalue weighted by Crippen LogP contribution is -2.60. The molecule has 0 heterocycles. The fourth-order valence-corrected chi connectivity index (χ4v) is 8.18. The van der Waals surface area contributed by atoms with E-state index in [2.05, 4.69) is 26.0 Å². The summed E-state index contributed by atoms with van der Waals surface area (Å²) in [5.74, 6) is -1.50. The van der Waals surface area contributed by atoms with Crippen molar-refractivity contribution in [2.45, 2.75) is 96.7 Å². The molecule has 0 radical (unpaired) electrons. The van der Waals surface area contributed by atoms with Crippen molar-refractivity contribution in [1.29, 1.82) is 0 Å². The molecule has 4 aliphatic rings. The zero-order chi connectivity index (χ0) is 26.9. The van der Waals surface area contributed by atoms with E-state index < -0.39 is 23.9 Å². The fourth-order valence-electron chi connectivity index (χ4n) is 8.18. The summed E-state index contributed by atoms with van der Waals surface area (Å²) >= 11 is 0. The third kappa shape index (κ3) is 4.09. The molecule has 36 heavy (non-hydrogen) atoms. The second-order valence-electron chi connectivity index (χ2n) is 12.3. The molecular formula is C28H38F6O2. The Hall–Kier alpha value is -1.28. The van der Waals surface area contributed by atoms with Crippen LogP contribution in [0.4, 0.5) is 26.3 Å². The van der Waals surface area contributed by atoms with Gasteiger partial charge in [0.25, 0.3) is 5.60 Å². The van der Waals surface area contributed by atoms with E-state index >= 15 is 0 Å². The summed E-state index contributed by atoms with van der Waals surface area (Å²) in [5, 5.41) is 19.9. The van der Waals surface area contributed by atoms with Gasteiger partial charge >= 0.3 is 12.4 Å². The quantitative estimate of drug-likeness (QED) is 0.297. The van der Waals surface area contributed by atoms with Crippen LogP contribution in [0.25, 0.3) is 0 Å². The van der Waals surface area contributed by atoms with E-state index in [0.717, 1.165) is 51.5 Å². The Morgan fingerprint density at radius 3 is 2.14 bits per heavy atom. The van der Waals surface area contributed by atoms with Gasteiger partial charge in [-0.25, -0.2) is 0 Å². The molecule has 0 aromatic carbocycles. The summed E-state index contributed by atoms with van der Waals surface area (Å²) < 4.78 is 79.5. The van der Waals surface area contributed by atoms with Gasteiger partial charge in [0.2, 0.25) is 0 Å². The van der Waals surface area contributed by atoms with Crippen LogP contribution in [0.5, 0.6) is 0 Å². The van der Waals surface area contributed by atoms with Gasteiger partial charge in [-0.1, -0.05) is 63.1 Å². The Kier molecular flexibility index (Phi) is 6.85. The molecule has 3 saturated carbocycles. The molecule has 2 N–H and O–H groups in total. The fraction of sp³-hybridized carbons (Fsp3) is 0.786. The highest BCUT2D eigenvalue weighted by Gasteiger charge is 2.72. The van der Waals surface area contributed by atoms with E-state index in [1.165, 1.54) is 17.2 Å². The molecule has 8 heteroatoms. The van der Waals surface area contributed by atoms with Crippen LogP contribution in [-0.2, 0) is 0 Å². The van der Waals surface area contributed by atoms with Crippen molar-refractivity contribution in [3.05, 3.63) is 35.5 Å². The number of hydrogen-bond acceptors (Lipinski definition) is 2. The molecule has 3 fully saturated rings. The molecular weight excluding hydrogens is 482 g/mol. The largest absolute Gasteiger partial charge is 0.426 e. The van der Waals surface area contributed by atoms with E-state index in [9.17, 15) is 36.6 Å². The van der Waals surface area contributed by atoms with Crippen LogP contribution in [0, 0.1) is 40.4 Å². The second-order valence-corrected chi connectivity index (χ2v) is 12.3. The topological polar surface area (TPSA) is 40.5 Å². The van der Waals surface area contributed by atoms with E-state index in [0.29, 0.717) is 18.3 Å². The van der Waals surface area contributed by atoms with Gasteiger partial charge in [0.05, 0.1) is 6.10 Å². The lowest BCUT2D eigenvalue weighted by molar-refractivity contribution is -0.378. The Morgan fingerprint density at radius 1 is 0.889 bits per heavy atom. The molecule has 0 unspecified atom stereocenters. The molecule has 4 rings (SSSR count). The summed E-state index contributed by atoms with van der Waals surface area (Å²) in [5.41, 5.74) is -2.07. The van der Waals surface area contributed by atoms with Crippen molar-refractivity contribution >= 4 is 0 Å². The van der Waals surface area contributed by atoms with Crippen molar-refractivity contribution < 1.29 is 36.6 Å². The number of halogens is 6. The van der Waals surface area contributed by atoms with Crippen LogP contribution in [0.1, 0.15) is 72.6 Å². The minimum absolute atomic E-state index is 0.0450. The first-order chi connectivity index (χ1) is 16.5. The molecule has 0 aliphatic heterocycles. The third-order valence-corrected chi connectivity index (χ3v) is 10.5. The monoisotopic (exact) mass is 520 g/mol. The molecule has 0 aromatic heterocycles. The summed E-state index contributed by atoms with van der Waals surface area (Å²) in [6.07, 6.45) is 1.06. The van der Waals surface area contributed by atoms with Crippen molar-refractivity contribution in [1.82, 2.24) is 0 Å². The summed E-state index contributed by atoms with van der Waals surface area (Å²) in [6.45, 7) is 7.18. The summed E-state index contributed by atoms with van der Waals surface area (Å²) in [6, 6.07) is 0. The van der Waals surface area contributed by atoms with Crippen molar-refractivity contribution in [2.24, 2.45) is 40.4 Å². The molecule has 0 bridgehead atoms. The maximum absolute atomic E-state index is 13.3. The van der Waals surface area contributed by atoms with Crippen molar-refractivity contribution in [3.63, 3.8) is 0 Å². The third-order valence-electron chi connectivity index (χ3n) is 10.5. The number of aliphatic hydroxyl groups excluding tert-OH is 1. The van der Waals surface area contributed by atoms with Crippen molar-refractivity contribution in [2.75, 3.05) is 0 Å². The predicted octanol–water partition coefficient (Wildman–Crippen LogP) is 7.53. The second kappa shape index (κ2) is 8.89. The molecule has 0 saturated heterocycles. The van der Waals surface area contributed by atoms with Crippen LogP contribution >= 0.6 is 0 Å². The van der Waals surface area contributed by atoms with Crippen LogP contribution in [0.2, 0.25) is 0 Å². The summed E-state index contributed by atoms with van der Waals surface area (Å²) in [4.78, 5) is 0. The van der Waals surface area contributed by atoms with Gasteiger partial charge in [-0.2, -0.15) is 26.3 Å². The van der Waals surface area contributed by atoms with Crippen molar-refractivity contribution in [3.8, 4) is 0 Å². The number of alkyl halides is 6. The van der Waals surface area contributed by atoms with E-state index in [-0.39, 0.29) is 28.8 Å². The normalized spacial score (nSPS) is 39.1. The molecule has 0 spiro atoms. The first-order valence-electron chi connectivity index (χ1n) is 13.1. The summed E-state index contributed by atoms with van der Waals surface area (Å²) in [7, 11) is 0. The van der Waals surface area contributed by atoms with Crippen LogP contribution in [0.3, 0.4) is 0 Å². The molecule has 8 atom stereocenters. The lowest BCUT2D eigenvalue weighted by atomic mass is 9.50. The maximum Gasteiger partial charge on any atom is 0.426 e. The standard InChI is InChI=1S/C28H38F6O2/c1-16(5-6-17(2)26(36,27(29,30)31)28(32,33)34)21-9-10-22-20-8-7-18-15-19(35)11-13-24(18,3)23(20)12-14-25(21,22)4/h5-8,16-17,19,21-23,35-36H,9-15H2,1-4H3/b6-5+/t16-,17+,19+,21-,22+,23+,24+,25-/m1/s1. The number of hydrogen-bond donors (Lipinski definition) is 2. The number of aliphatic hydroxyl groups is 2. The zero-order valence-corrected chi connectivity index (χ0v) is 21.4. The Balaban J connectivity index is 1.55. The molecule has 204 valence electrons. The van der Waals surface area contributed by atoms with Gasteiger partial charge in [-0.3, -0.25) is 0 Å². The van der Waals surface area contributed by atoms with E-state index in [1.807, 2.05) is 6.92 Å². The number of allylic oxidation sites excluding steroid dienone is 4. The smallest absolute Gasteiger partial charge is 0.393 e. The molecule has 2 nitrogen and oxygen atoms in total. The first kappa shape index (κ1) is 27.7. The van der Waals surface area contributed by atoms with Crippen LogP contribution in [-0.4, -0.2) is 34.3 Å². The van der Waals surface area contributed by atoms with Crippen LogP contribution < -0.4 is 0 Å². The molecule has 4 aliphatic carbocycles. The minimum atomic E-state index is -5.83. The highest BCUT2D eigenvalue weighted by Crippen LogP contribution is 2.66. The number of rotatable bonds is 4. The van der Waals surface area contributed by atoms with Gasteiger partial charge in [0, 0.05) is 5.92 Å². The maximum atomic E-state index is 13.3. The van der Waals surface area contributed by atoms with Gasteiger partial charge in [-0.15, -0.1) is 0 Å². The highest BCUT2D eigenvalue weighted by molar-refractivity contribution is 5.39. The molecule has 0 amide bonds. The SMILES string of the molecule is C[C@H](/C=C/[C@H](C)C(O)(C(F)(F)F)C(F)(F)F)[C@H]1CC[C@H]2C3=CC=C4C[C@@H](O)CC[C@]4(C)[C@H]3CC[C@]12C. The average Bonchev–Trinajstić information content (AvgIpc) is 3.12.